The number of aromatic nitrogens is 1. The number of rotatable bonds is 3. The maximum Gasteiger partial charge on any atom is 0.150 e. The smallest absolute Gasteiger partial charge is 0.150 e. The van der Waals surface area contributed by atoms with E-state index in [1.807, 2.05) is 42.6 Å². The fraction of sp³-hybridized carbons (Fsp3) is 0.0625. The third-order valence-corrected chi connectivity index (χ3v) is 3.26. The number of aldehydes is 1. The number of ether oxygens (including phenoxy) is 1. The van der Waals surface area contributed by atoms with Crippen LogP contribution in [0.2, 0.25) is 0 Å². The Kier molecular flexibility index (Phi) is 2.80. The number of methoxy groups -OCH3 is 1. The van der Waals surface area contributed by atoms with Gasteiger partial charge in [-0.2, -0.15) is 0 Å². The van der Waals surface area contributed by atoms with Gasteiger partial charge in [0.05, 0.1) is 7.11 Å². The number of benzene rings is 2. The first-order chi connectivity index (χ1) is 9.35. The van der Waals surface area contributed by atoms with Crippen LogP contribution in [0, 0.1) is 0 Å². The molecule has 0 aliphatic rings. The van der Waals surface area contributed by atoms with Crippen LogP contribution in [0.5, 0.6) is 5.75 Å². The highest BCUT2D eigenvalue weighted by atomic mass is 16.5. The Morgan fingerprint density at radius 1 is 1.11 bits per heavy atom. The van der Waals surface area contributed by atoms with Crippen molar-refractivity contribution in [3.63, 3.8) is 0 Å². The summed E-state index contributed by atoms with van der Waals surface area (Å²) in [4.78, 5) is 14.5. The van der Waals surface area contributed by atoms with Gasteiger partial charge in [-0.1, -0.05) is 30.3 Å². The van der Waals surface area contributed by atoms with E-state index in [9.17, 15) is 4.79 Å². The maximum absolute atomic E-state index is 11.3. The molecule has 0 spiro atoms. The number of hydrogen-bond acceptors (Lipinski definition) is 2. The standard InChI is InChI=1S/C16H13NO2/c1-19-15-8-4-5-11(10-18)16(15)13-9-17-14-7-3-2-6-12(13)14/h2-10,17H,1H3. The Balaban J connectivity index is 2.35. The molecular formula is C16H13NO2. The van der Waals surface area contributed by atoms with Gasteiger partial charge in [-0.05, 0) is 12.1 Å². The lowest BCUT2D eigenvalue weighted by Crippen LogP contribution is -1.92. The van der Waals surface area contributed by atoms with Gasteiger partial charge in [-0.15, -0.1) is 0 Å². The lowest BCUT2D eigenvalue weighted by molar-refractivity contribution is 0.112. The van der Waals surface area contributed by atoms with Crippen molar-refractivity contribution in [2.75, 3.05) is 7.11 Å². The molecule has 3 nitrogen and oxygen atoms in total. The highest BCUT2D eigenvalue weighted by Crippen LogP contribution is 2.36. The molecule has 0 fully saturated rings. The topological polar surface area (TPSA) is 42.1 Å². The van der Waals surface area contributed by atoms with Crippen LogP contribution in [-0.4, -0.2) is 18.4 Å². The van der Waals surface area contributed by atoms with Crippen LogP contribution in [0.15, 0.2) is 48.7 Å². The molecule has 0 saturated carbocycles. The van der Waals surface area contributed by atoms with Crippen molar-refractivity contribution in [1.82, 2.24) is 4.98 Å². The van der Waals surface area contributed by atoms with Crippen molar-refractivity contribution in [2.24, 2.45) is 0 Å². The fourth-order valence-electron chi connectivity index (χ4n) is 2.38. The minimum atomic E-state index is 0.629. The Morgan fingerprint density at radius 2 is 1.95 bits per heavy atom. The molecule has 3 heteroatoms. The molecular weight excluding hydrogens is 238 g/mol. The molecule has 0 saturated heterocycles. The van der Waals surface area contributed by atoms with Gasteiger partial charge in [0.2, 0.25) is 0 Å². The van der Waals surface area contributed by atoms with Crippen LogP contribution in [0.25, 0.3) is 22.0 Å². The van der Waals surface area contributed by atoms with Gasteiger partial charge < -0.3 is 9.72 Å². The molecule has 19 heavy (non-hydrogen) atoms. The summed E-state index contributed by atoms with van der Waals surface area (Å²) < 4.78 is 5.39. The first kappa shape index (κ1) is 11.5. The molecule has 0 aliphatic heterocycles. The average Bonchev–Trinajstić information content (AvgIpc) is 2.90. The van der Waals surface area contributed by atoms with Crippen molar-refractivity contribution in [1.29, 1.82) is 0 Å². The van der Waals surface area contributed by atoms with Crippen LogP contribution in [0.3, 0.4) is 0 Å². The molecule has 0 atom stereocenters. The van der Waals surface area contributed by atoms with Crippen LogP contribution in [-0.2, 0) is 0 Å². The number of carbonyl (C=O) groups is 1. The summed E-state index contributed by atoms with van der Waals surface area (Å²) in [5.41, 5.74) is 3.48. The van der Waals surface area contributed by atoms with Crippen molar-refractivity contribution >= 4 is 17.2 Å². The van der Waals surface area contributed by atoms with Crippen molar-refractivity contribution in [2.45, 2.75) is 0 Å². The highest BCUT2D eigenvalue weighted by molar-refractivity contribution is 6.02. The molecule has 0 unspecified atom stereocenters. The van der Waals surface area contributed by atoms with Crippen molar-refractivity contribution in [3.05, 3.63) is 54.2 Å². The van der Waals surface area contributed by atoms with Gasteiger partial charge in [-0.25, -0.2) is 0 Å². The Morgan fingerprint density at radius 3 is 2.74 bits per heavy atom. The first-order valence-electron chi connectivity index (χ1n) is 6.04. The molecule has 0 aliphatic carbocycles. The molecule has 1 aromatic heterocycles. The number of carbonyl (C=O) groups excluding carboxylic acids is 1. The van der Waals surface area contributed by atoms with Crippen molar-refractivity contribution < 1.29 is 9.53 Å². The summed E-state index contributed by atoms with van der Waals surface area (Å²) in [6.07, 6.45) is 2.77. The van der Waals surface area contributed by atoms with E-state index >= 15 is 0 Å². The lowest BCUT2D eigenvalue weighted by atomic mass is 9.99. The lowest BCUT2D eigenvalue weighted by Gasteiger charge is -2.10. The fourth-order valence-corrected chi connectivity index (χ4v) is 2.38. The van der Waals surface area contributed by atoms with Gasteiger partial charge in [0.25, 0.3) is 0 Å². The summed E-state index contributed by atoms with van der Waals surface area (Å²) in [6.45, 7) is 0. The number of hydrogen-bond donors (Lipinski definition) is 1. The van der Waals surface area contributed by atoms with E-state index in [4.69, 9.17) is 4.74 Å². The second-order valence-corrected chi connectivity index (χ2v) is 4.29. The normalized spacial score (nSPS) is 10.6. The van der Waals surface area contributed by atoms with Crippen LogP contribution in [0.1, 0.15) is 10.4 Å². The number of fused-ring (bicyclic) bond motifs is 1. The summed E-state index contributed by atoms with van der Waals surface area (Å²) in [7, 11) is 1.61. The van der Waals surface area contributed by atoms with Crippen molar-refractivity contribution in [3.8, 4) is 16.9 Å². The largest absolute Gasteiger partial charge is 0.496 e. The second kappa shape index (κ2) is 4.61. The molecule has 3 aromatic rings. The summed E-state index contributed by atoms with van der Waals surface area (Å²) in [5, 5.41) is 1.08. The zero-order valence-corrected chi connectivity index (χ0v) is 10.5. The highest BCUT2D eigenvalue weighted by Gasteiger charge is 2.14. The van der Waals surface area contributed by atoms with Gasteiger partial charge in [0, 0.05) is 33.8 Å². The zero-order chi connectivity index (χ0) is 13.2. The molecule has 3 rings (SSSR count). The Labute approximate surface area is 110 Å². The maximum atomic E-state index is 11.3. The molecule has 1 heterocycles. The van der Waals surface area contributed by atoms with Crippen LogP contribution >= 0.6 is 0 Å². The molecule has 2 aromatic carbocycles. The van der Waals surface area contributed by atoms with E-state index in [0.29, 0.717) is 11.3 Å². The summed E-state index contributed by atoms with van der Waals surface area (Å²) in [5.74, 6) is 0.703. The van der Waals surface area contributed by atoms with Gasteiger partial charge in [0.1, 0.15) is 5.75 Å². The Hall–Kier alpha value is -2.55. The third kappa shape index (κ3) is 1.80. The van der Waals surface area contributed by atoms with Crippen LogP contribution in [0.4, 0.5) is 0 Å². The van der Waals surface area contributed by atoms with Gasteiger partial charge in [0.15, 0.2) is 6.29 Å². The van der Waals surface area contributed by atoms with E-state index in [1.54, 1.807) is 13.2 Å². The van der Waals surface area contributed by atoms with E-state index in [-0.39, 0.29) is 0 Å². The molecule has 0 radical (unpaired) electrons. The monoisotopic (exact) mass is 251 g/mol. The predicted molar refractivity (Wildman–Crippen MR) is 75.7 cm³/mol. The molecule has 94 valence electrons. The van der Waals surface area contributed by atoms with E-state index in [1.165, 1.54) is 0 Å². The summed E-state index contributed by atoms with van der Waals surface area (Å²) in [6, 6.07) is 13.5. The number of aromatic amines is 1. The predicted octanol–water partition coefficient (Wildman–Crippen LogP) is 3.66. The van der Waals surface area contributed by atoms with E-state index in [2.05, 4.69) is 4.98 Å². The zero-order valence-electron chi connectivity index (χ0n) is 10.5. The van der Waals surface area contributed by atoms with Crippen LogP contribution < -0.4 is 4.74 Å². The SMILES string of the molecule is COc1cccc(C=O)c1-c1c[nH]c2ccccc12. The quantitative estimate of drug-likeness (QED) is 0.722. The third-order valence-electron chi connectivity index (χ3n) is 3.26. The second-order valence-electron chi connectivity index (χ2n) is 4.29. The average molecular weight is 251 g/mol. The molecule has 1 N–H and O–H groups in total. The Bertz CT molecular complexity index is 743. The minimum Gasteiger partial charge on any atom is -0.496 e. The van der Waals surface area contributed by atoms with E-state index < -0.39 is 0 Å². The van der Waals surface area contributed by atoms with Gasteiger partial charge in [-0.3, -0.25) is 4.79 Å². The summed E-state index contributed by atoms with van der Waals surface area (Å²) >= 11 is 0. The van der Waals surface area contributed by atoms with E-state index in [0.717, 1.165) is 28.3 Å². The first-order valence-corrected chi connectivity index (χ1v) is 6.04. The number of nitrogens with one attached hydrogen (secondary N) is 1. The minimum absolute atomic E-state index is 0.629. The molecule has 0 amide bonds. The number of para-hydroxylation sites is 1. The van der Waals surface area contributed by atoms with Gasteiger partial charge >= 0.3 is 0 Å². The number of H-pyrrole nitrogens is 1. The molecule has 0 bridgehead atoms.